The molecular formula is C15H14N2O4S. The molecule has 6 nitrogen and oxygen atoms in total. The Morgan fingerprint density at radius 3 is 2.77 bits per heavy atom. The smallest absolute Gasteiger partial charge is 0.328 e. The number of rotatable bonds is 6. The zero-order valence-electron chi connectivity index (χ0n) is 11.5. The van der Waals surface area contributed by atoms with Crippen LogP contribution in [0.25, 0.3) is 6.08 Å². The SMILES string of the molecule is O=C(O)/C=C/c1cccc(S(=O)(=O)NCc2cccnc2)c1. The fourth-order valence-corrected chi connectivity index (χ4v) is 2.79. The van der Waals surface area contributed by atoms with Crippen molar-refractivity contribution in [2.75, 3.05) is 0 Å². The average molecular weight is 318 g/mol. The van der Waals surface area contributed by atoms with E-state index < -0.39 is 16.0 Å². The monoisotopic (exact) mass is 318 g/mol. The van der Waals surface area contributed by atoms with Gasteiger partial charge in [0.1, 0.15) is 0 Å². The second-order valence-electron chi connectivity index (χ2n) is 4.43. The van der Waals surface area contributed by atoms with E-state index in [9.17, 15) is 13.2 Å². The molecule has 1 aromatic heterocycles. The van der Waals surface area contributed by atoms with Crippen molar-refractivity contribution in [1.82, 2.24) is 9.71 Å². The summed E-state index contributed by atoms with van der Waals surface area (Å²) in [6, 6.07) is 9.52. The maximum atomic E-state index is 12.2. The van der Waals surface area contributed by atoms with Crippen LogP contribution in [-0.4, -0.2) is 24.5 Å². The quantitative estimate of drug-likeness (QED) is 0.790. The van der Waals surface area contributed by atoms with Gasteiger partial charge in [0, 0.05) is 25.0 Å². The van der Waals surface area contributed by atoms with E-state index in [2.05, 4.69) is 9.71 Å². The fraction of sp³-hybridized carbons (Fsp3) is 0.0667. The lowest BCUT2D eigenvalue weighted by atomic mass is 10.2. The van der Waals surface area contributed by atoms with Crippen LogP contribution in [0, 0.1) is 0 Å². The van der Waals surface area contributed by atoms with Crippen LogP contribution in [-0.2, 0) is 21.4 Å². The molecule has 1 aromatic carbocycles. The Morgan fingerprint density at radius 2 is 2.09 bits per heavy atom. The Morgan fingerprint density at radius 1 is 1.27 bits per heavy atom. The van der Waals surface area contributed by atoms with Gasteiger partial charge in [-0.05, 0) is 35.4 Å². The Bertz CT molecular complexity index is 786. The standard InChI is InChI=1S/C15H14N2O4S/c18-15(19)7-6-12-3-1-5-14(9-12)22(20,21)17-11-13-4-2-8-16-10-13/h1-10,17H,11H2,(H,18,19)/b7-6+. The topological polar surface area (TPSA) is 96.4 Å². The molecule has 0 aliphatic heterocycles. The van der Waals surface area contributed by atoms with Gasteiger partial charge in [-0.15, -0.1) is 0 Å². The van der Waals surface area contributed by atoms with Gasteiger partial charge in [-0.3, -0.25) is 4.98 Å². The van der Waals surface area contributed by atoms with Gasteiger partial charge in [0.25, 0.3) is 0 Å². The zero-order valence-corrected chi connectivity index (χ0v) is 12.3. The highest BCUT2D eigenvalue weighted by Crippen LogP contribution is 2.13. The number of pyridine rings is 1. The van der Waals surface area contributed by atoms with E-state index in [-0.39, 0.29) is 11.4 Å². The number of carboxylic acids is 1. The molecule has 1 heterocycles. The normalized spacial score (nSPS) is 11.6. The number of benzene rings is 1. The number of nitrogens with zero attached hydrogens (tertiary/aromatic N) is 1. The van der Waals surface area contributed by atoms with E-state index in [1.165, 1.54) is 18.2 Å². The third kappa shape index (κ3) is 4.51. The van der Waals surface area contributed by atoms with Gasteiger partial charge in [0.05, 0.1) is 4.90 Å². The van der Waals surface area contributed by atoms with E-state index in [1.807, 2.05) is 0 Å². The van der Waals surface area contributed by atoms with Crippen molar-refractivity contribution in [3.8, 4) is 0 Å². The summed E-state index contributed by atoms with van der Waals surface area (Å²) in [5.41, 5.74) is 1.24. The Balaban J connectivity index is 2.15. The van der Waals surface area contributed by atoms with Gasteiger partial charge >= 0.3 is 5.97 Å². The van der Waals surface area contributed by atoms with Crippen LogP contribution in [0.15, 0.2) is 59.8 Å². The average Bonchev–Trinajstić information content (AvgIpc) is 2.52. The summed E-state index contributed by atoms with van der Waals surface area (Å²) < 4.78 is 26.9. The third-order valence-electron chi connectivity index (χ3n) is 2.78. The fourth-order valence-electron chi connectivity index (χ4n) is 1.72. The van der Waals surface area contributed by atoms with Gasteiger partial charge in [-0.25, -0.2) is 17.9 Å². The summed E-state index contributed by atoms with van der Waals surface area (Å²) in [6.45, 7) is 0.130. The first kappa shape index (κ1) is 15.9. The van der Waals surface area contributed by atoms with Gasteiger partial charge in [0.15, 0.2) is 0 Å². The summed E-state index contributed by atoms with van der Waals surface area (Å²) in [5.74, 6) is -1.09. The number of sulfonamides is 1. The molecule has 2 N–H and O–H groups in total. The molecule has 2 aromatic rings. The summed E-state index contributed by atoms with van der Waals surface area (Å²) in [4.78, 5) is 14.5. The molecule has 0 fully saturated rings. The predicted octanol–water partition coefficient (Wildman–Crippen LogP) is 1.66. The molecule has 7 heteroatoms. The number of aromatic nitrogens is 1. The van der Waals surface area contributed by atoms with Gasteiger partial charge in [-0.2, -0.15) is 0 Å². The van der Waals surface area contributed by atoms with E-state index in [0.717, 1.165) is 11.6 Å². The zero-order chi connectivity index (χ0) is 16.0. The summed E-state index contributed by atoms with van der Waals surface area (Å²) in [7, 11) is -3.68. The van der Waals surface area contributed by atoms with E-state index >= 15 is 0 Å². The van der Waals surface area contributed by atoms with Crippen molar-refractivity contribution in [2.24, 2.45) is 0 Å². The molecule has 0 saturated heterocycles. The molecule has 0 bridgehead atoms. The number of carboxylic acid groups (broad SMARTS) is 1. The number of hydrogen-bond acceptors (Lipinski definition) is 4. The van der Waals surface area contributed by atoms with Crippen molar-refractivity contribution >= 4 is 22.1 Å². The van der Waals surface area contributed by atoms with E-state index in [1.54, 1.807) is 36.7 Å². The lowest BCUT2D eigenvalue weighted by molar-refractivity contribution is -0.131. The molecule has 114 valence electrons. The Hall–Kier alpha value is -2.51. The first-order valence-electron chi connectivity index (χ1n) is 6.37. The largest absolute Gasteiger partial charge is 0.478 e. The molecule has 0 unspecified atom stereocenters. The van der Waals surface area contributed by atoms with Gasteiger partial charge in [0.2, 0.25) is 10.0 Å². The highest BCUT2D eigenvalue weighted by molar-refractivity contribution is 7.89. The van der Waals surface area contributed by atoms with Gasteiger partial charge in [-0.1, -0.05) is 18.2 Å². The van der Waals surface area contributed by atoms with Crippen LogP contribution >= 0.6 is 0 Å². The Labute approximate surface area is 128 Å². The molecule has 22 heavy (non-hydrogen) atoms. The van der Waals surface area contributed by atoms with Crippen LogP contribution in [0.5, 0.6) is 0 Å². The van der Waals surface area contributed by atoms with Crippen LogP contribution in [0.3, 0.4) is 0 Å². The lowest BCUT2D eigenvalue weighted by Crippen LogP contribution is -2.23. The predicted molar refractivity (Wildman–Crippen MR) is 81.4 cm³/mol. The highest BCUT2D eigenvalue weighted by Gasteiger charge is 2.13. The number of carbonyl (C=O) groups is 1. The minimum atomic E-state index is -3.68. The Kier molecular flexibility index (Phi) is 5.03. The maximum Gasteiger partial charge on any atom is 0.328 e. The lowest BCUT2D eigenvalue weighted by Gasteiger charge is -2.07. The molecule has 0 saturated carbocycles. The van der Waals surface area contributed by atoms with Crippen molar-refractivity contribution in [2.45, 2.75) is 11.4 Å². The summed E-state index contributed by atoms with van der Waals surface area (Å²) >= 11 is 0. The van der Waals surface area contributed by atoms with Gasteiger partial charge < -0.3 is 5.11 Å². The maximum absolute atomic E-state index is 12.2. The number of nitrogens with one attached hydrogen (secondary N) is 1. The number of aliphatic carboxylic acids is 1. The molecule has 0 radical (unpaired) electrons. The van der Waals surface area contributed by atoms with Crippen LogP contribution in [0.1, 0.15) is 11.1 Å². The number of hydrogen-bond donors (Lipinski definition) is 2. The third-order valence-corrected chi connectivity index (χ3v) is 4.17. The van der Waals surface area contributed by atoms with Crippen molar-refractivity contribution < 1.29 is 18.3 Å². The van der Waals surface area contributed by atoms with Crippen LogP contribution < -0.4 is 4.72 Å². The molecular weight excluding hydrogens is 304 g/mol. The molecule has 0 atom stereocenters. The highest BCUT2D eigenvalue weighted by atomic mass is 32.2. The summed E-state index contributed by atoms with van der Waals surface area (Å²) in [6.07, 6.45) is 5.47. The van der Waals surface area contributed by atoms with Crippen molar-refractivity contribution in [3.63, 3.8) is 0 Å². The first-order valence-corrected chi connectivity index (χ1v) is 7.85. The van der Waals surface area contributed by atoms with E-state index in [4.69, 9.17) is 5.11 Å². The van der Waals surface area contributed by atoms with Crippen molar-refractivity contribution in [3.05, 3.63) is 66.0 Å². The molecule has 0 aliphatic rings. The van der Waals surface area contributed by atoms with Crippen LogP contribution in [0.4, 0.5) is 0 Å². The second kappa shape index (κ2) is 6.97. The molecule has 2 rings (SSSR count). The molecule has 0 spiro atoms. The minimum Gasteiger partial charge on any atom is -0.478 e. The van der Waals surface area contributed by atoms with Crippen molar-refractivity contribution in [1.29, 1.82) is 0 Å². The van der Waals surface area contributed by atoms with Crippen LogP contribution in [0.2, 0.25) is 0 Å². The molecule has 0 amide bonds. The summed E-state index contributed by atoms with van der Waals surface area (Å²) in [5, 5.41) is 8.59. The first-order chi connectivity index (χ1) is 10.5. The van der Waals surface area contributed by atoms with E-state index in [0.29, 0.717) is 5.56 Å². The minimum absolute atomic E-state index is 0.0731. The molecule has 0 aliphatic carbocycles. The second-order valence-corrected chi connectivity index (χ2v) is 6.20.